The van der Waals surface area contributed by atoms with Crippen LogP contribution in [0.5, 0.6) is 0 Å². The number of benzene rings is 1. The summed E-state index contributed by atoms with van der Waals surface area (Å²) in [5.74, 6) is 0.821. The summed E-state index contributed by atoms with van der Waals surface area (Å²) < 4.78 is 0. The molecule has 0 unspecified atom stereocenters. The van der Waals surface area contributed by atoms with Crippen molar-refractivity contribution in [3.8, 4) is 0 Å². The van der Waals surface area contributed by atoms with Crippen LogP contribution in [0.3, 0.4) is 0 Å². The third-order valence-electron chi connectivity index (χ3n) is 3.30. The molecule has 0 spiro atoms. The zero-order valence-electron chi connectivity index (χ0n) is 11.9. The lowest BCUT2D eigenvalue weighted by Gasteiger charge is -2.17. The van der Waals surface area contributed by atoms with Crippen LogP contribution < -0.4 is 10.6 Å². The van der Waals surface area contributed by atoms with Gasteiger partial charge >= 0.3 is 0 Å². The summed E-state index contributed by atoms with van der Waals surface area (Å²) in [6, 6.07) is 6.03. The van der Waals surface area contributed by atoms with Crippen molar-refractivity contribution in [3.05, 3.63) is 46.0 Å². The van der Waals surface area contributed by atoms with E-state index in [4.69, 9.17) is 23.2 Å². The van der Waals surface area contributed by atoms with E-state index >= 15 is 0 Å². The highest BCUT2D eigenvalue weighted by Crippen LogP contribution is 2.24. The number of halogens is 3. The van der Waals surface area contributed by atoms with Crippen molar-refractivity contribution in [1.82, 2.24) is 10.6 Å². The predicted octanol–water partition coefficient (Wildman–Crippen LogP) is 4.04. The molecule has 0 saturated carbocycles. The van der Waals surface area contributed by atoms with Gasteiger partial charge in [0.1, 0.15) is 0 Å². The van der Waals surface area contributed by atoms with Crippen molar-refractivity contribution in [1.29, 1.82) is 0 Å². The van der Waals surface area contributed by atoms with Gasteiger partial charge in [-0.2, -0.15) is 0 Å². The third kappa shape index (κ3) is 5.68. The van der Waals surface area contributed by atoms with E-state index in [1.165, 1.54) is 0 Å². The lowest BCUT2D eigenvalue weighted by molar-refractivity contribution is 0.633. The summed E-state index contributed by atoms with van der Waals surface area (Å²) in [5.41, 5.74) is 0.973. The van der Waals surface area contributed by atoms with E-state index in [-0.39, 0.29) is 24.0 Å². The number of aliphatic imine (C=N–C) groups is 1. The van der Waals surface area contributed by atoms with Gasteiger partial charge in [0, 0.05) is 29.7 Å². The molecule has 0 radical (unpaired) electrons. The fourth-order valence-electron chi connectivity index (χ4n) is 2.20. The molecule has 0 amide bonds. The zero-order valence-corrected chi connectivity index (χ0v) is 15.7. The molecule has 3 nitrogen and oxygen atoms in total. The summed E-state index contributed by atoms with van der Waals surface area (Å²) >= 11 is 12.3. The van der Waals surface area contributed by atoms with Crippen molar-refractivity contribution < 1.29 is 0 Å². The van der Waals surface area contributed by atoms with Gasteiger partial charge in [-0.15, -0.1) is 24.0 Å². The summed E-state index contributed by atoms with van der Waals surface area (Å²) in [5, 5.41) is 8.11. The minimum absolute atomic E-state index is 0. The van der Waals surface area contributed by atoms with E-state index in [1.807, 2.05) is 18.2 Å². The topological polar surface area (TPSA) is 36.4 Å². The van der Waals surface area contributed by atoms with Crippen molar-refractivity contribution >= 4 is 53.1 Å². The number of nitrogens with zero attached hydrogens (tertiary/aromatic N) is 1. The Bertz CT molecular complexity index is 489. The molecule has 0 bridgehead atoms. The van der Waals surface area contributed by atoms with Gasteiger partial charge in [-0.1, -0.05) is 41.4 Å². The Labute approximate surface area is 153 Å². The van der Waals surface area contributed by atoms with Crippen LogP contribution in [0, 0.1) is 0 Å². The minimum atomic E-state index is 0. The van der Waals surface area contributed by atoms with Gasteiger partial charge in [-0.05, 0) is 37.0 Å². The molecule has 0 aromatic heterocycles. The van der Waals surface area contributed by atoms with Crippen molar-refractivity contribution in [2.75, 3.05) is 13.6 Å². The molecular formula is C15H20Cl2IN3. The van der Waals surface area contributed by atoms with Crippen LogP contribution >= 0.6 is 47.2 Å². The Hall–Kier alpha value is -0.460. The minimum Gasteiger partial charge on any atom is -0.356 e. The Balaban J connectivity index is 0.00000220. The van der Waals surface area contributed by atoms with E-state index < -0.39 is 0 Å². The highest BCUT2D eigenvalue weighted by Gasteiger charge is 2.11. The number of guanidine groups is 1. The molecule has 1 aliphatic carbocycles. The number of rotatable bonds is 4. The normalized spacial score (nSPS) is 14.9. The quantitative estimate of drug-likeness (QED) is 0.321. The first-order valence-electron chi connectivity index (χ1n) is 6.75. The molecule has 116 valence electrons. The number of hydrogen-bond donors (Lipinski definition) is 2. The zero-order chi connectivity index (χ0) is 14.4. The lowest BCUT2D eigenvalue weighted by atomic mass is 10.1. The standard InChI is InChI=1S/C15H19Cl2N3.HI/c1-18-15(20-11-5-2-3-6-11)19-10-9-12-13(16)7-4-8-14(12)17;/h2-4,7-8,11H,5-6,9-10H2,1H3,(H2,18,19,20);1H. The molecule has 1 aliphatic rings. The predicted molar refractivity (Wildman–Crippen MR) is 102 cm³/mol. The molecule has 1 aromatic rings. The summed E-state index contributed by atoms with van der Waals surface area (Å²) in [6.07, 6.45) is 7.25. The van der Waals surface area contributed by atoms with Gasteiger partial charge in [-0.3, -0.25) is 4.99 Å². The van der Waals surface area contributed by atoms with Gasteiger partial charge in [0.05, 0.1) is 0 Å². The summed E-state index contributed by atoms with van der Waals surface area (Å²) in [7, 11) is 1.78. The van der Waals surface area contributed by atoms with Crippen LogP contribution in [0.2, 0.25) is 10.0 Å². The smallest absolute Gasteiger partial charge is 0.191 e. The molecule has 2 N–H and O–H groups in total. The van der Waals surface area contributed by atoms with E-state index in [9.17, 15) is 0 Å². The first-order valence-corrected chi connectivity index (χ1v) is 7.51. The Morgan fingerprint density at radius 3 is 2.43 bits per heavy atom. The van der Waals surface area contributed by atoms with E-state index in [2.05, 4.69) is 27.8 Å². The monoisotopic (exact) mass is 439 g/mol. The molecule has 0 atom stereocenters. The maximum Gasteiger partial charge on any atom is 0.191 e. The molecule has 0 aliphatic heterocycles. The molecule has 21 heavy (non-hydrogen) atoms. The highest BCUT2D eigenvalue weighted by molar-refractivity contribution is 14.0. The van der Waals surface area contributed by atoms with Crippen molar-refractivity contribution in [2.45, 2.75) is 25.3 Å². The lowest BCUT2D eigenvalue weighted by Crippen LogP contribution is -2.43. The van der Waals surface area contributed by atoms with E-state index in [0.29, 0.717) is 16.1 Å². The number of hydrogen-bond acceptors (Lipinski definition) is 1. The average molecular weight is 440 g/mol. The van der Waals surface area contributed by atoms with Crippen LogP contribution in [0.15, 0.2) is 35.3 Å². The SMILES string of the molecule is CN=C(NCCc1c(Cl)cccc1Cl)NC1CC=CC1.I. The van der Waals surface area contributed by atoms with Gasteiger partial charge in [0.2, 0.25) is 0 Å². The van der Waals surface area contributed by atoms with E-state index in [0.717, 1.165) is 37.3 Å². The largest absolute Gasteiger partial charge is 0.356 e. The van der Waals surface area contributed by atoms with Gasteiger partial charge in [-0.25, -0.2) is 0 Å². The second-order valence-corrected chi connectivity index (χ2v) is 5.55. The molecule has 0 saturated heterocycles. The maximum absolute atomic E-state index is 6.15. The molecule has 1 aromatic carbocycles. The fraction of sp³-hybridized carbons (Fsp3) is 0.400. The van der Waals surface area contributed by atoms with E-state index in [1.54, 1.807) is 7.05 Å². The van der Waals surface area contributed by atoms with Crippen LogP contribution in [0.1, 0.15) is 18.4 Å². The third-order valence-corrected chi connectivity index (χ3v) is 4.01. The Morgan fingerprint density at radius 1 is 1.24 bits per heavy atom. The Kier molecular flexibility index (Phi) is 8.44. The molecule has 0 fully saturated rings. The summed E-state index contributed by atoms with van der Waals surface area (Å²) in [6.45, 7) is 0.739. The summed E-state index contributed by atoms with van der Waals surface area (Å²) in [4.78, 5) is 4.23. The van der Waals surface area contributed by atoms with Gasteiger partial charge in [0.25, 0.3) is 0 Å². The Morgan fingerprint density at radius 2 is 1.86 bits per heavy atom. The van der Waals surface area contributed by atoms with Crippen LogP contribution in [-0.2, 0) is 6.42 Å². The van der Waals surface area contributed by atoms with Crippen molar-refractivity contribution in [3.63, 3.8) is 0 Å². The van der Waals surface area contributed by atoms with Gasteiger partial charge < -0.3 is 10.6 Å². The van der Waals surface area contributed by atoms with Crippen molar-refractivity contribution in [2.24, 2.45) is 4.99 Å². The van der Waals surface area contributed by atoms with Crippen LogP contribution in [0.25, 0.3) is 0 Å². The molecule has 0 heterocycles. The average Bonchev–Trinajstić information content (AvgIpc) is 2.93. The number of nitrogens with one attached hydrogen (secondary N) is 2. The first-order chi connectivity index (χ1) is 9.70. The maximum atomic E-state index is 6.15. The van der Waals surface area contributed by atoms with Gasteiger partial charge in [0.15, 0.2) is 5.96 Å². The van der Waals surface area contributed by atoms with Crippen LogP contribution in [0.4, 0.5) is 0 Å². The first kappa shape index (κ1) is 18.6. The molecule has 6 heteroatoms. The van der Waals surface area contributed by atoms with Crippen LogP contribution in [-0.4, -0.2) is 25.6 Å². The second-order valence-electron chi connectivity index (χ2n) is 4.73. The highest BCUT2D eigenvalue weighted by atomic mass is 127. The molecule has 2 rings (SSSR count). The second kappa shape index (κ2) is 9.54. The fourth-order valence-corrected chi connectivity index (χ4v) is 2.79. The molecular weight excluding hydrogens is 420 g/mol.